The molecule has 0 heterocycles. The van der Waals surface area contributed by atoms with Crippen LogP contribution in [0.2, 0.25) is 0 Å². The second-order valence-corrected chi connectivity index (χ2v) is 5.44. The maximum Gasteiger partial charge on any atom is 0.239 e. The van der Waals surface area contributed by atoms with Crippen LogP contribution in [0.4, 0.5) is 0 Å². The quantitative estimate of drug-likeness (QED) is 0.362. The van der Waals surface area contributed by atoms with Gasteiger partial charge in [-0.2, -0.15) is 0 Å². The molecule has 0 aromatic rings. The first-order valence-electron chi connectivity index (χ1n) is 7.90. The molecule has 132 valence electrons. The predicted molar refractivity (Wildman–Crippen MR) is 86.2 cm³/mol. The predicted octanol–water partition coefficient (Wildman–Crippen LogP) is -0.431. The van der Waals surface area contributed by atoms with E-state index < -0.39 is 11.9 Å². The molecule has 8 heteroatoms. The zero-order valence-electron chi connectivity index (χ0n) is 13.9. The van der Waals surface area contributed by atoms with Gasteiger partial charge in [-0.05, 0) is 32.1 Å². The maximum atomic E-state index is 11.6. The van der Waals surface area contributed by atoms with Gasteiger partial charge in [0.15, 0.2) is 0 Å². The summed E-state index contributed by atoms with van der Waals surface area (Å²) in [6.07, 6.45) is 3.76. The standard InChI is InChI=1S/C15H28N4O4/c1-11(20)17-9-6-4-8-14(22)18-10-5-3-7-13(15(16)23)19-12(2)21/h13H,3-10H2,1-2H3,(H2,16,23)(H,17,20)(H,18,22)(H,19,21). The van der Waals surface area contributed by atoms with E-state index in [1.54, 1.807) is 0 Å². The minimum Gasteiger partial charge on any atom is -0.368 e. The van der Waals surface area contributed by atoms with Gasteiger partial charge in [0, 0.05) is 33.4 Å². The summed E-state index contributed by atoms with van der Waals surface area (Å²) in [6.45, 7) is 3.90. The molecule has 4 amide bonds. The fourth-order valence-corrected chi connectivity index (χ4v) is 2.00. The molecular formula is C15H28N4O4. The molecule has 0 aliphatic carbocycles. The van der Waals surface area contributed by atoms with Crippen LogP contribution >= 0.6 is 0 Å². The van der Waals surface area contributed by atoms with Gasteiger partial charge in [-0.25, -0.2) is 0 Å². The van der Waals surface area contributed by atoms with Crippen molar-refractivity contribution >= 4 is 23.6 Å². The van der Waals surface area contributed by atoms with Crippen LogP contribution in [0.1, 0.15) is 52.4 Å². The Morgan fingerprint density at radius 2 is 1.48 bits per heavy atom. The fraction of sp³-hybridized carbons (Fsp3) is 0.733. The highest BCUT2D eigenvalue weighted by Crippen LogP contribution is 2.01. The fourth-order valence-electron chi connectivity index (χ4n) is 2.00. The number of hydrogen-bond donors (Lipinski definition) is 4. The highest BCUT2D eigenvalue weighted by Gasteiger charge is 2.15. The average Bonchev–Trinajstić information content (AvgIpc) is 2.44. The Morgan fingerprint density at radius 3 is 2.04 bits per heavy atom. The van der Waals surface area contributed by atoms with E-state index in [4.69, 9.17) is 5.73 Å². The molecule has 1 atom stereocenters. The lowest BCUT2D eigenvalue weighted by Gasteiger charge is -2.14. The summed E-state index contributed by atoms with van der Waals surface area (Å²) >= 11 is 0. The van der Waals surface area contributed by atoms with E-state index in [0.717, 1.165) is 12.8 Å². The normalized spacial score (nSPS) is 11.4. The molecule has 0 aromatic carbocycles. The molecule has 5 N–H and O–H groups in total. The van der Waals surface area contributed by atoms with Crippen molar-refractivity contribution < 1.29 is 19.2 Å². The first-order valence-corrected chi connectivity index (χ1v) is 7.90. The minimum absolute atomic E-state index is 0.0267. The second kappa shape index (κ2) is 12.4. The van der Waals surface area contributed by atoms with Crippen LogP contribution in [0.3, 0.4) is 0 Å². The number of carbonyl (C=O) groups excluding carboxylic acids is 4. The molecule has 1 unspecified atom stereocenters. The Bertz CT molecular complexity index is 412. The van der Waals surface area contributed by atoms with E-state index >= 15 is 0 Å². The zero-order chi connectivity index (χ0) is 17.7. The van der Waals surface area contributed by atoms with E-state index in [1.807, 2.05) is 0 Å². The van der Waals surface area contributed by atoms with E-state index in [9.17, 15) is 19.2 Å². The lowest BCUT2D eigenvalue weighted by Crippen LogP contribution is -2.43. The third-order valence-corrected chi connectivity index (χ3v) is 3.17. The first-order chi connectivity index (χ1) is 10.8. The molecular weight excluding hydrogens is 300 g/mol. The third-order valence-electron chi connectivity index (χ3n) is 3.17. The Kier molecular flexibility index (Phi) is 11.3. The van der Waals surface area contributed by atoms with Crippen molar-refractivity contribution in [3.63, 3.8) is 0 Å². The Morgan fingerprint density at radius 1 is 0.870 bits per heavy atom. The van der Waals surface area contributed by atoms with E-state index in [0.29, 0.717) is 38.8 Å². The van der Waals surface area contributed by atoms with Crippen LogP contribution in [0.15, 0.2) is 0 Å². The van der Waals surface area contributed by atoms with Crippen molar-refractivity contribution in [1.82, 2.24) is 16.0 Å². The number of nitrogens with two attached hydrogens (primary N) is 1. The zero-order valence-corrected chi connectivity index (χ0v) is 13.9. The van der Waals surface area contributed by atoms with Gasteiger partial charge in [0.05, 0.1) is 0 Å². The van der Waals surface area contributed by atoms with Gasteiger partial charge in [0.1, 0.15) is 6.04 Å². The number of carbonyl (C=O) groups is 4. The van der Waals surface area contributed by atoms with E-state index in [-0.39, 0.29) is 17.7 Å². The van der Waals surface area contributed by atoms with Crippen LogP contribution in [0.25, 0.3) is 0 Å². The van der Waals surface area contributed by atoms with E-state index in [1.165, 1.54) is 13.8 Å². The largest absolute Gasteiger partial charge is 0.368 e. The molecule has 0 bridgehead atoms. The van der Waals surface area contributed by atoms with Crippen LogP contribution in [-0.4, -0.2) is 42.8 Å². The summed E-state index contributed by atoms with van der Waals surface area (Å²) in [7, 11) is 0. The Hall–Kier alpha value is -2.12. The van der Waals surface area contributed by atoms with E-state index in [2.05, 4.69) is 16.0 Å². The number of unbranched alkanes of at least 4 members (excludes halogenated alkanes) is 2. The molecule has 0 radical (unpaired) electrons. The molecule has 0 saturated carbocycles. The maximum absolute atomic E-state index is 11.6. The van der Waals surface area contributed by atoms with Gasteiger partial charge in [-0.15, -0.1) is 0 Å². The monoisotopic (exact) mass is 328 g/mol. The molecule has 0 aromatic heterocycles. The molecule has 0 rings (SSSR count). The molecule has 0 fully saturated rings. The molecule has 0 saturated heterocycles. The molecule has 0 spiro atoms. The van der Waals surface area contributed by atoms with Gasteiger partial charge >= 0.3 is 0 Å². The number of hydrogen-bond acceptors (Lipinski definition) is 4. The minimum atomic E-state index is -0.656. The summed E-state index contributed by atoms with van der Waals surface area (Å²) in [5.41, 5.74) is 5.20. The van der Waals surface area contributed by atoms with Crippen molar-refractivity contribution in [1.29, 1.82) is 0 Å². The number of amides is 4. The van der Waals surface area contributed by atoms with Gasteiger partial charge < -0.3 is 21.7 Å². The van der Waals surface area contributed by atoms with Crippen LogP contribution in [0.5, 0.6) is 0 Å². The summed E-state index contributed by atoms with van der Waals surface area (Å²) in [5, 5.41) is 7.97. The summed E-state index contributed by atoms with van der Waals surface area (Å²) < 4.78 is 0. The first kappa shape index (κ1) is 20.9. The molecule has 0 aliphatic heterocycles. The average molecular weight is 328 g/mol. The van der Waals surface area contributed by atoms with Crippen molar-refractivity contribution in [2.24, 2.45) is 5.73 Å². The summed E-state index contributed by atoms with van der Waals surface area (Å²) in [5.74, 6) is -0.936. The van der Waals surface area contributed by atoms with Crippen LogP contribution in [-0.2, 0) is 19.2 Å². The number of nitrogens with one attached hydrogen (secondary N) is 3. The van der Waals surface area contributed by atoms with Crippen molar-refractivity contribution in [3.05, 3.63) is 0 Å². The molecule has 8 nitrogen and oxygen atoms in total. The van der Waals surface area contributed by atoms with Crippen molar-refractivity contribution in [2.75, 3.05) is 13.1 Å². The van der Waals surface area contributed by atoms with Crippen LogP contribution in [0, 0.1) is 0 Å². The van der Waals surface area contributed by atoms with Gasteiger partial charge in [0.2, 0.25) is 23.6 Å². The smallest absolute Gasteiger partial charge is 0.239 e. The van der Waals surface area contributed by atoms with Crippen molar-refractivity contribution in [3.8, 4) is 0 Å². The van der Waals surface area contributed by atoms with Gasteiger partial charge in [0.25, 0.3) is 0 Å². The lowest BCUT2D eigenvalue weighted by molar-refractivity contribution is -0.126. The Balaban J connectivity index is 3.62. The highest BCUT2D eigenvalue weighted by atomic mass is 16.2. The van der Waals surface area contributed by atoms with Gasteiger partial charge in [-0.3, -0.25) is 19.2 Å². The number of primary amides is 1. The number of rotatable bonds is 12. The van der Waals surface area contributed by atoms with Crippen LogP contribution < -0.4 is 21.7 Å². The van der Waals surface area contributed by atoms with Gasteiger partial charge in [-0.1, -0.05) is 0 Å². The SMILES string of the molecule is CC(=O)NCCCCC(=O)NCCCCC(NC(C)=O)C(N)=O. The molecule has 0 aliphatic rings. The summed E-state index contributed by atoms with van der Waals surface area (Å²) in [4.78, 5) is 44.3. The summed E-state index contributed by atoms with van der Waals surface area (Å²) in [6, 6.07) is -0.656. The molecule has 23 heavy (non-hydrogen) atoms. The highest BCUT2D eigenvalue weighted by molar-refractivity contribution is 5.85. The second-order valence-electron chi connectivity index (χ2n) is 5.44. The Labute approximate surface area is 136 Å². The topological polar surface area (TPSA) is 130 Å². The lowest BCUT2D eigenvalue weighted by atomic mass is 10.1. The van der Waals surface area contributed by atoms with Crippen molar-refractivity contribution in [2.45, 2.75) is 58.4 Å². The third kappa shape index (κ3) is 13.3.